The van der Waals surface area contributed by atoms with Crippen LogP contribution in [0.25, 0.3) is 0 Å². The SMILES string of the molecule is CCOC(=C[Si]F)OCC. The van der Waals surface area contributed by atoms with Gasteiger partial charge in [0.05, 0.1) is 13.2 Å². The van der Waals surface area contributed by atoms with E-state index in [0.717, 1.165) is 0 Å². The maximum Gasteiger partial charge on any atom is 0.333 e. The van der Waals surface area contributed by atoms with E-state index in [1.165, 1.54) is 5.70 Å². The van der Waals surface area contributed by atoms with E-state index in [1.54, 1.807) is 0 Å². The zero-order valence-corrected chi connectivity index (χ0v) is 7.19. The van der Waals surface area contributed by atoms with E-state index in [2.05, 4.69) is 0 Å². The van der Waals surface area contributed by atoms with Crippen LogP contribution in [0.4, 0.5) is 4.11 Å². The van der Waals surface area contributed by atoms with Crippen molar-refractivity contribution in [2.45, 2.75) is 13.8 Å². The lowest BCUT2D eigenvalue weighted by Crippen LogP contribution is -1.98. The summed E-state index contributed by atoms with van der Waals surface area (Å²) in [5.74, 6) is 0.297. The molecule has 0 aromatic heterocycles. The monoisotopic (exact) mass is 162 g/mol. The molecule has 0 aromatic carbocycles. The molecule has 0 fully saturated rings. The van der Waals surface area contributed by atoms with Crippen molar-refractivity contribution in [3.63, 3.8) is 0 Å². The molecule has 0 unspecified atom stereocenters. The van der Waals surface area contributed by atoms with Gasteiger partial charge in [0.2, 0.25) is 0 Å². The van der Waals surface area contributed by atoms with Crippen LogP contribution in [0.15, 0.2) is 11.6 Å². The standard InChI is InChI=1S/C6H11FO2Si/c1-3-8-6(5-10-7)9-4-2/h5H,3-4H2,1-2H3. The van der Waals surface area contributed by atoms with E-state index in [0.29, 0.717) is 19.2 Å². The third-order valence-corrected chi connectivity index (χ3v) is 1.09. The fourth-order valence-corrected chi connectivity index (χ4v) is 0.710. The van der Waals surface area contributed by atoms with E-state index in [-0.39, 0.29) is 0 Å². The zero-order valence-electron chi connectivity index (χ0n) is 6.19. The van der Waals surface area contributed by atoms with Crippen molar-refractivity contribution in [1.82, 2.24) is 0 Å². The molecule has 2 radical (unpaired) electrons. The number of ether oxygens (including phenoxy) is 2. The van der Waals surface area contributed by atoms with Gasteiger partial charge in [0, 0.05) is 5.70 Å². The first-order valence-corrected chi connectivity index (χ1v) is 4.12. The summed E-state index contributed by atoms with van der Waals surface area (Å²) in [5, 5.41) is 0. The van der Waals surface area contributed by atoms with Crippen molar-refractivity contribution in [2.24, 2.45) is 0 Å². The largest absolute Gasteiger partial charge is 0.466 e. The molecule has 0 aliphatic heterocycles. The van der Waals surface area contributed by atoms with Crippen LogP contribution < -0.4 is 0 Å². The molecule has 0 N–H and O–H groups in total. The van der Waals surface area contributed by atoms with Gasteiger partial charge >= 0.3 is 9.85 Å². The van der Waals surface area contributed by atoms with E-state index < -0.39 is 9.85 Å². The molecule has 0 bridgehead atoms. The minimum atomic E-state index is -0.754. The fraction of sp³-hybridized carbons (Fsp3) is 0.667. The van der Waals surface area contributed by atoms with Gasteiger partial charge < -0.3 is 13.6 Å². The molecule has 0 aliphatic rings. The Hall–Kier alpha value is -0.513. The third kappa shape index (κ3) is 4.37. The van der Waals surface area contributed by atoms with Crippen molar-refractivity contribution < 1.29 is 13.6 Å². The van der Waals surface area contributed by atoms with Crippen molar-refractivity contribution in [2.75, 3.05) is 13.2 Å². The Kier molecular flexibility index (Phi) is 6.27. The average Bonchev–Trinajstić information content (AvgIpc) is 1.90. The van der Waals surface area contributed by atoms with Crippen molar-refractivity contribution >= 4 is 9.85 Å². The van der Waals surface area contributed by atoms with Gasteiger partial charge in [-0.25, -0.2) is 0 Å². The van der Waals surface area contributed by atoms with Crippen LogP contribution in [0.1, 0.15) is 13.8 Å². The summed E-state index contributed by atoms with van der Waals surface area (Å²) >= 11 is 0. The Balaban J connectivity index is 3.60. The highest BCUT2D eigenvalue weighted by atomic mass is 28.3. The summed E-state index contributed by atoms with van der Waals surface area (Å²) in [6.07, 6.45) is 0. The lowest BCUT2D eigenvalue weighted by atomic mass is 10.8. The second-order valence-electron chi connectivity index (χ2n) is 1.44. The van der Waals surface area contributed by atoms with E-state index >= 15 is 0 Å². The summed E-state index contributed by atoms with van der Waals surface area (Å²) in [6, 6.07) is 0. The first-order valence-electron chi connectivity index (χ1n) is 3.17. The maximum absolute atomic E-state index is 11.7. The molecule has 0 saturated heterocycles. The molecule has 4 heteroatoms. The van der Waals surface area contributed by atoms with Gasteiger partial charge in [0.25, 0.3) is 5.95 Å². The Labute approximate surface area is 63.0 Å². The summed E-state index contributed by atoms with van der Waals surface area (Å²) < 4.78 is 21.5. The van der Waals surface area contributed by atoms with Crippen LogP contribution in [0.5, 0.6) is 0 Å². The number of rotatable bonds is 5. The van der Waals surface area contributed by atoms with Crippen LogP contribution in [0.2, 0.25) is 0 Å². The molecule has 2 nitrogen and oxygen atoms in total. The minimum Gasteiger partial charge on any atom is -0.466 e. The highest BCUT2D eigenvalue weighted by molar-refractivity contribution is 6.33. The molecule has 0 aromatic rings. The molecule has 0 atom stereocenters. The van der Waals surface area contributed by atoms with Crippen molar-refractivity contribution in [3.05, 3.63) is 11.6 Å². The number of halogens is 1. The molecule has 58 valence electrons. The smallest absolute Gasteiger partial charge is 0.333 e. The Morgan fingerprint density at radius 1 is 1.40 bits per heavy atom. The molecule has 0 spiro atoms. The summed E-state index contributed by atoms with van der Waals surface area (Å²) in [4.78, 5) is 0. The van der Waals surface area contributed by atoms with Gasteiger partial charge in [0.1, 0.15) is 0 Å². The Morgan fingerprint density at radius 3 is 2.20 bits per heavy atom. The lowest BCUT2D eigenvalue weighted by molar-refractivity contribution is 0.0474. The van der Waals surface area contributed by atoms with Gasteiger partial charge in [-0.05, 0) is 13.8 Å². The summed E-state index contributed by atoms with van der Waals surface area (Å²) in [7, 11) is -0.754. The van der Waals surface area contributed by atoms with Crippen LogP contribution in [-0.2, 0) is 9.47 Å². The van der Waals surface area contributed by atoms with Gasteiger partial charge in [-0.2, -0.15) is 0 Å². The molecule has 0 saturated carbocycles. The quantitative estimate of drug-likeness (QED) is 0.346. The molecule has 0 amide bonds. The van der Waals surface area contributed by atoms with Crippen LogP contribution in [0, 0.1) is 0 Å². The molecule has 0 heterocycles. The van der Waals surface area contributed by atoms with Crippen LogP contribution >= 0.6 is 0 Å². The van der Waals surface area contributed by atoms with E-state index in [1.807, 2.05) is 13.8 Å². The Bertz CT molecular complexity index is 97.9. The Morgan fingerprint density at radius 2 is 1.90 bits per heavy atom. The molecular formula is C6H11FO2Si. The first-order chi connectivity index (χ1) is 4.85. The van der Waals surface area contributed by atoms with E-state index in [4.69, 9.17) is 9.47 Å². The normalized spacial score (nSPS) is 8.70. The predicted molar refractivity (Wildman–Crippen MR) is 38.2 cm³/mol. The van der Waals surface area contributed by atoms with Crippen molar-refractivity contribution in [3.8, 4) is 0 Å². The summed E-state index contributed by atoms with van der Waals surface area (Å²) in [6.45, 7) is 4.68. The van der Waals surface area contributed by atoms with Gasteiger partial charge in [0.15, 0.2) is 0 Å². The fourth-order valence-electron chi connectivity index (χ4n) is 0.454. The van der Waals surface area contributed by atoms with E-state index in [9.17, 15) is 4.11 Å². The van der Waals surface area contributed by atoms with Gasteiger partial charge in [-0.3, -0.25) is 0 Å². The second kappa shape index (κ2) is 6.60. The molecular weight excluding hydrogens is 151 g/mol. The number of hydrogen-bond acceptors (Lipinski definition) is 2. The molecule has 0 aliphatic carbocycles. The molecule has 0 rings (SSSR count). The van der Waals surface area contributed by atoms with Crippen LogP contribution in [-0.4, -0.2) is 23.1 Å². The summed E-state index contributed by atoms with van der Waals surface area (Å²) in [5.41, 5.74) is 1.30. The topological polar surface area (TPSA) is 18.5 Å². The first kappa shape index (κ1) is 9.49. The minimum absolute atomic E-state index is 0.297. The zero-order chi connectivity index (χ0) is 7.82. The highest BCUT2D eigenvalue weighted by Crippen LogP contribution is 1.97. The predicted octanol–water partition coefficient (Wildman–Crippen LogP) is 1.45. The number of hydrogen-bond donors (Lipinski definition) is 0. The van der Waals surface area contributed by atoms with Crippen molar-refractivity contribution in [1.29, 1.82) is 0 Å². The molecule has 10 heavy (non-hydrogen) atoms. The van der Waals surface area contributed by atoms with Gasteiger partial charge in [-0.15, -0.1) is 0 Å². The second-order valence-corrected chi connectivity index (χ2v) is 1.95. The third-order valence-electron chi connectivity index (χ3n) is 0.746. The lowest BCUT2D eigenvalue weighted by Gasteiger charge is -2.06. The van der Waals surface area contributed by atoms with Gasteiger partial charge in [-0.1, -0.05) is 0 Å². The highest BCUT2D eigenvalue weighted by Gasteiger charge is 1.95. The van der Waals surface area contributed by atoms with Crippen LogP contribution in [0.3, 0.4) is 0 Å². The maximum atomic E-state index is 11.7. The average molecular weight is 162 g/mol.